The summed E-state index contributed by atoms with van der Waals surface area (Å²) in [5, 5.41) is 0. The molecule has 0 saturated carbocycles. The van der Waals surface area contributed by atoms with Crippen LogP contribution in [0.25, 0.3) is 0 Å². The lowest BCUT2D eigenvalue weighted by Gasteiger charge is -2.11. The minimum absolute atomic E-state index is 0.0158. The average molecular weight is 363 g/mol. The lowest BCUT2D eigenvalue weighted by atomic mass is 10.3. The van der Waals surface area contributed by atoms with E-state index in [-0.39, 0.29) is 15.1 Å². The molecular weight excluding hydrogens is 354 g/mol. The molecule has 0 aliphatic rings. The van der Waals surface area contributed by atoms with Gasteiger partial charge in [0.25, 0.3) is 10.0 Å². The standard InChI is InChI=1S/C12H9BrF2N2O2S/c13-7-5-8(14)12(9(15)6-7)17-20(18,19)11-4-2-1-3-10(11)16/h1-6,17H,16H2. The SMILES string of the molecule is Nc1ccccc1S(=O)(=O)Nc1c(F)cc(Br)cc1F. The van der Waals surface area contributed by atoms with Crippen LogP contribution in [-0.2, 0) is 10.0 Å². The van der Waals surface area contributed by atoms with E-state index in [0.29, 0.717) is 0 Å². The molecule has 0 amide bonds. The van der Waals surface area contributed by atoms with Gasteiger partial charge in [0.05, 0.1) is 5.69 Å². The van der Waals surface area contributed by atoms with Crippen molar-refractivity contribution in [3.05, 3.63) is 52.5 Å². The topological polar surface area (TPSA) is 72.2 Å². The summed E-state index contributed by atoms with van der Waals surface area (Å²) in [6.45, 7) is 0. The van der Waals surface area contributed by atoms with Crippen molar-refractivity contribution in [2.45, 2.75) is 4.90 Å². The molecule has 0 fully saturated rings. The molecule has 0 aliphatic carbocycles. The van der Waals surface area contributed by atoms with Crippen molar-refractivity contribution in [3.63, 3.8) is 0 Å². The third-order valence-electron chi connectivity index (χ3n) is 2.45. The molecule has 20 heavy (non-hydrogen) atoms. The third-order valence-corrected chi connectivity index (χ3v) is 4.33. The molecule has 2 rings (SSSR count). The molecule has 0 saturated heterocycles. The summed E-state index contributed by atoms with van der Waals surface area (Å²) < 4.78 is 53.4. The summed E-state index contributed by atoms with van der Waals surface area (Å²) in [6, 6.07) is 7.54. The fraction of sp³-hybridized carbons (Fsp3) is 0. The fourth-order valence-corrected chi connectivity index (χ4v) is 3.17. The van der Waals surface area contributed by atoms with Crippen LogP contribution in [-0.4, -0.2) is 8.42 Å². The Morgan fingerprint density at radius 1 is 1.10 bits per heavy atom. The van der Waals surface area contributed by atoms with Gasteiger partial charge in [-0.05, 0) is 24.3 Å². The second kappa shape index (κ2) is 5.37. The predicted molar refractivity (Wildman–Crippen MR) is 75.7 cm³/mol. The number of para-hydroxylation sites is 1. The van der Waals surface area contributed by atoms with Gasteiger partial charge in [0.1, 0.15) is 10.6 Å². The van der Waals surface area contributed by atoms with Crippen LogP contribution in [0.5, 0.6) is 0 Å². The van der Waals surface area contributed by atoms with Crippen molar-refractivity contribution in [1.29, 1.82) is 0 Å². The third kappa shape index (κ3) is 2.91. The number of hydrogen-bond donors (Lipinski definition) is 2. The van der Waals surface area contributed by atoms with E-state index < -0.39 is 27.3 Å². The van der Waals surface area contributed by atoms with Gasteiger partial charge in [-0.25, -0.2) is 17.2 Å². The van der Waals surface area contributed by atoms with Crippen molar-refractivity contribution < 1.29 is 17.2 Å². The second-order valence-corrected chi connectivity index (χ2v) is 6.45. The van der Waals surface area contributed by atoms with Gasteiger partial charge in [0, 0.05) is 4.47 Å². The molecule has 106 valence electrons. The zero-order valence-electron chi connectivity index (χ0n) is 9.90. The summed E-state index contributed by atoms with van der Waals surface area (Å²) in [4.78, 5) is -0.248. The molecule has 4 nitrogen and oxygen atoms in total. The molecule has 8 heteroatoms. The van der Waals surface area contributed by atoms with Crippen LogP contribution < -0.4 is 10.5 Å². The van der Waals surface area contributed by atoms with Crippen molar-refractivity contribution >= 4 is 37.3 Å². The summed E-state index contributed by atoms with van der Waals surface area (Å²) in [5.41, 5.74) is 4.78. The van der Waals surface area contributed by atoms with Crippen LogP contribution in [0.3, 0.4) is 0 Å². The van der Waals surface area contributed by atoms with E-state index >= 15 is 0 Å². The molecular formula is C12H9BrF2N2O2S. The van der Waals surface area contributed by atoms with Crippen LogP contribution in [0.2, 0.25) is 0 Å². The number of halogens is 3. The van der Waals surface area contributed by atoms with E-state index in [9.17, 15) is 17.2 Å². The van der Waals surface area contributed by atoms with Crippen LogP contribution in [0.15, 0.2) is 45.8 Å². The minimum Gasteiger partial charge on any atom is -0.398 e. The first-order valence-corrected chi connectivity index (χ1v) is 7.61. The molecule has 0 bridgehead atoms. The molecule has 0 spiro atoms. The Balaban J connectivity index is 2.47. The number of nitrogens with one attached hydrogen (secondary N) is 1. The van der Waals surface area contributed by atoms with E-state index in [4.69, 9.17) is 5.73 Å². The predicted octanol–water partition coefficient (Wildman–Crippen LogP) is 3.11. The number of anilines is 2. The van der Waals surface area contributed by atoms with Crippen LogP contribution in [0.1, 0.15) is 0 Å². The van der Waals surface area contributed by atoms with Gasteiger partial charge in [-0.3, -0.25) is 4.72 Å². The Labute approximate surface area is 122 Å². The number of hydrogen-bond acceptors (Lipinski definition) is 3. The summed E-state index contributed by atoms with van der Waals surface area (Å²) >= 11 is 2.91. The Hall–Kier alpha value is -1.67. The highest BCUT2D eigenvalue weighted by Crippen LogP contribution is 2.27. The van der Waals surface area contributed by atoms with Gasteiger partial charge in [0.15, 0.2) is 11.6 Å². The van der Waals surface area contributed by atoms with Gasteiger partial charge in [0.2, 0.25) is 0 Å². The summed E-state index contributed by atoms with van der Waals surface area (Å²) in [6.07, 6.45) is 0. The molecule has 0 unspecified atom stereocenters. The first-order chi connectivity index (χ1) is 9.31. The summed E-state index contributed by atoms with van der Waals surface area (Å²) in [7, 11) is -4.17. The zero-order chi connectivity index (χ0) is 14.9. The van der Waals surface area contributed by atoms with Crippen molar-refractivity contribution in [2.24, 2.45) is 0 Å². The van der Waals surface area contributed by atoms with Crippen LogP contribution in [0, 0.1) is 11.6 Å². The van der Waals surface area contributed by atoms with Crippen molar-refractivity contribution in [1.82, 2.24) is 0 Å². The zero-order valence-corrected chi connectivity index (χ0v) is 12.3. The van der Waals surface area contributed by atoms with Gasteiger partial charge < -0.3 is 5.73 Å². The highest BCUT2D eigenvalue weighted by Gasteiger charge is 2.21. The first-order valence-electron chi connectivity index (χ1n) is 5.33. The molecule has 3 N–H and O–H groups in total. The maximum atomic E-state index is 13.6. The van der Waals surface area contributed by atoms with E-state index in [0.717, 1.165) is 12.1 Å². The maximum absolute atomic E-state index is 13.6. The van der Waals surface area contributed by atoms with Crippen LogP contribution in [0.4, 0.5) is 20.2 Å². The Morgan fingerprint density at radius 2 is 1.65 bits per heavy atom. The molecule has 0 heterocycles. The normalized spacial score (nSPS) is 11.3. The van der Waals surface area contributed by atoms with Crippen molar-refractivity contribution in [3.8, 4) is 0 Å². The van der Waals surface area contributed by atoms with E-state index in [2.05, 4.69) is 15.9 Å². The smallest absolute Gasteiger partial charge is 0.264 e. The lowest BCUT2D eigenvalue weighted by Crippen LogP contribution is -2.16. The fourth-order valence-electron chi connectivity index (χ4n) is 1.55. The molecule has 0 aliphatic heterocycles. The van der Waals surface area contributed by atoms with Gasteiger partial charge in [-0.2, -0.15) is 0 Å². The van der Waals surface area contributed by atoms with E-state index in [1.54, 1.807) is 6.07 Å². The molecule has 0 radical (unpaired) electrons. The molecule has 2 aromatic carbocycles. The Kier molecular flexibility index (Phi) is 3.96. The number of nitrogen functional groups attached to an aromatic ring is 1. The van der Waals surface area contributed by atoms with Gasteiger partial charge in [-0.1, -0.05) is 28.1 Å². The largest absolute Gasteiger partial charge is 0.398 e. The minimum atomic E-state index is -4.17. The van der Waals surface area contributed by atoms with E-state index in [1.165, 1.54) is 18.2 Å². The number of rotatable bonds is 3. The van der Waals surface area contributed by atoms with Gasteiger partial charge >= 0.3 is 0 Å². The highest BCUT2D eigenvalue weighted by molar-refractivity contribution is 9.10. The number of benzene rings is 2. The Morgan fingerprint density at radius 3 is 2.20 bits per heavy atom. The van der Waals surface area contributed by atoms with E-state index in [1.807, 2.05) is 4.72 Å². The summed E-state index contributed by atoms with van der Waals surface area (Å²) in [5.74, 6) is -2.06. The quantitative estimate of drug-likeness (QED) is 0.824. The van der Waals surface area contributed by atoms with Gasteiger partial charge in [-0.15, -0.1) is 0 Å². The first kappa shape index (κ1) is 14.7. The van der Waals surface area contributed by atoms with Crippen molar-refractivity contribution in [2.75, 3.05) is 10.5 Å². The highest BCUT2D eigenvalue weighted by atomic mass is 79.9. The molecule has 2 aromatic rings. The number of nitrogens with two attached hydrogens (primary N) is 1. The maximum Gasteiger partial charge on any atom is 0.264 e. The van der Waals surface area contributed by atoms with Crippen LogP contribution >= 0.6 is 15.9 Å². The molecule has 0 atom stereocenters. The monoisotopic (exact) mass is 362 g/mol. The lowest BCUT2D eigenvalue weighted by molar-refractivity contribution is 0.582. The molecule has 0 aromatic heterocycles. The second-order valence-electron chi connectivity index (χ2n) is 3.89. The Bertz CT molecular complexity index is 743. The number of sulfonamides is 1. The average Bonchev–Trinajstić information content (AvgIpc) is 2.34.